The van der Waals surface area contributed by atoms with Crippen LogP contribution in [0, 0.1) is 5.41 Å². The van der Waals surface area contributed by atoms with Crippen LogP contribution in [0.4, 0.5) is 5.69 Å². The zero-order chi connectivity index (χ0) is 24.0. The molecule has 1 saturated carbocycles. The van der Waals surface area contributed by atoms with Crippen molar-refractivity contribution < 1.29 is 14.3 Å². The molecule has 2 aromatic carbocycles. The number of hydrogen-bond acceptors (Lipinski definition) is 4. The van der Waals surface area contributed by atoms with Crippen LogP contribution in [0.5, 0.6) is 5.75 Å². The Morgan fingerprint density at radius 3 is 2.42 bits per heavy atom. The number of carbonyl (C=O) groups is 2. The first-order valence-electron chi connectivity index (χ1n) is 11.8. The van der Waals surface area contributed by atoms with Crippen molar-refractivity contribution in [2.24, 2.45) is 11.1 Å². The fourth-order valence-corrected chi connectivity index (χ4v) is 4.40. The summed E-state index contributed by atoms with van der Waals surface area (Å²) in [5.41, 5.74) is 8.71. The Morgan fingerprint density at radius 1 is 1.09 bits per heavy atom. The Balaban J connectivity index is 1.82. The second-order valence-electron chi connectivity index (χ2n) is 10.2. The van der Waals surface area contributed by atoms with E-state index in [0.717, 1.165) is 36.9 Å². The van der Waals surface area contributed by atoms with Crippen LogP contribution < -0.4 is 15.8 Å². The van der Waals surface area contributed by atoms with Crippen molar-refractivity contribution in [3.63, 3.8) is 0 Å². The van der Waals surface area contributed by atoms with Crippen LogP contribution in [0.1, 0.15) is 68.8 Å². The number of anilines is 1. The number of carbonyl (C=O) groups excluding carboxylic acids is 2. The molecule has 0 aromatic heterocycles. The third kappa shape index (κ3) is 7.06. The van der Waals surface area contributed by atoms with Gasteiger partial charge in [-0.15, -0.1) is 0 Å². The van der Waals surface area contributed by atoms with Gasteiger partial charge in [0.05, 0.1) is 7.11 Å². The molecule has 0 radical (unpaired) electrons. The molecule has 0 bridgehead atoms. The minimum atomic E-state index is -0.0829. The lowest BCUT2D eigenvalue weighted by Gasteiger charge is -2.38. The van der Waals surface area contributed by atoms with Gasteiger partial charge in [0.2, 0.25) is 5.91 Å². The number of benzene rings is 2. The van der Waals surface area contributed by atoms with Crippen LogP contribution in [0.3, 0.4) is 0 Å². The van der Waals surface area contributed by atoms with Gasteiger partial charge in [-0.05, 0) is 60.2 Å². The highest BCUT2D eigenvalue weighted by atomic mass is 16.5. The van der Waals surface area contributed by atoms with Gasteiger partial charge in [0, 0.05) is 36.3 Å². The number of rotatable bonds is 7. The monoisotopic (exact) mass is 451 g/mol. The van der Waals surface area contributed by atoms with Gasteiger partial charge in [-0.1, -0.05) is 45.7 Å². The maximum Gasteiger partial charge on any atom is 0.254 e. The molecule has 2 amide bonds. The van der Waals surface area contributed by atoms with Gasteiger partial charge in [0.15, 0.2) is 0 Å². The molecular formula is C27H37N3O3. The van der Waals surface area contributed by atoms with Gasteiger partial charge in [-0.3, -0.25) is 9.59 Å². The van der Waals surface area contributed by atoms with Crippen LogP contribution in [-0.4, -0.2) is 35.9 Å². The summed E-state index contributed by atoms with van der Waals surface area (Å²) in [6.45, 7) is 6.56. The maximum absolute atomic E-state index is 13.6. The topological polar surface area (TPSA) is 84.7 Å². The fraction of sp³-hybridized carbons (Fsp3) is 0.481. The molecular weight excluding hydrogens is 414 g/mol. The van der Waals surface area contributed by atoms with E-state index in [4.69, 9.17) is 10.5 Å². The average Bonchev–Trinajstić information content (AvgIpc) is 2.76. The fourth-order valence-electron chi connectivity index (χ4n) is 4.40. The van der Waals surface area contributed by atoms with Crippen molar-refractivity contribution >= 4 is 17.5 Å². The van der Waals surface area contributed by atoms with E-state index in [0.29, 0.717) is 24.3 Å². The highest BCUT2D eigenvalue weighted by molar-refractivity contribution is 5.94. The molecule has 3 rings (SSSR count). The van der Waals surface area contributed by atoms with Crippen molar-refractivity contribution in [3.8, 4) is 5.75 Å². The summed E-state index contributed by atoms with van der Waals surface area (Å²) < 4.78 is 5.23. The minimum Gasteiger partial charge on any atom is -0.497 e. The van der Waals surface area contributed by atoms with E-state index in [2.05, 4.69) is 5.32 Å². The third-order valence-electron chi connectivity index (χ3n) is 6.03. The highest BCUT2D eigenvalue weighted by Gasteiger charge is 2.31. The van der Waals surface area contributed by atoms with Crippen molar-refractivity contribution in [1.82, 2.24) is 4.90 Å². The molecule has 0 spiro atoms. The van der Waals surface area contributed by atoms with E-state index in [-0.39, 0.29) is 29.3 Å². The predicted octanol–water partition coefficient (Wildman–Crippen LogP) is 4.98. The van der Waals surface area contributed by atoms with E-state index in [9.17, 15) is 9.59 Å². The summed E-state index contributed by atoms with van der Waals surface area (Å²) in [5.74, 6) is 0.661. The summed E-state index contributed by atoms with van der Waals surface area (Å²) in [7, 11) is 1.61. The number of nitrogens with two attached hydrogens (primary N) is 1. The third-order valence-corrected chi connectivity index (χ3v) is 6.03. The number of nitrogens with one attached hydrogen (secondary N) is 1. The van der Waals surface area contributed by atoms with Crippen molar-refractivity contribution in [1.29, 1.82) is 0 Å². The number of nitrogens with zero attached hydrogens (tertiary/aromatic N) is 1. The van der Waals surface area contributed by atoms with E-state index in [1.807, 2.05) is 49.9 Å². The molecule has 1 aliphatic carbocycles. The molecule has 0 heterocycles. The van der Waals surface area contributed by atoms with Crippen LogP contribution in [0.15, 0.2) is 48.5 Å². The van der Waals surface area contributed by atoms with Gasteiger partial charge in [0.25, 0.3) is 5.91 Å². The first kappa shape index (κ1) is 24.8. The molecule has 178 valence electrons. The number of hydrogen-bond donors (Lipinski definition) is 2. The molecule has 1 fully saturated rings. The van der Waals surface area contributed by atoms with E-state index in [1.165, 1.54) is 0 Å². The lowest BCUT2D eigenvalue weighted by molar-refractivity contribution is -0.117. The average molecular weight is 452 g/mol. The molecule has 2 aromatic rings. The van der Waals surface area contributed by atoms with Gasteiger partial charge < -0.3 is 20.7 Å². The van der Waals surface area contributed by atoms with Crippen molar-refractivity contribution in [2.45, 2.75) is 71.5 Å². The van der Waals surface area contributed by atoms with Crippen LogP contribution in [0.2, 0.25) is 0 Å². The molecule has 1 aliphatic rings. The lowest BCUT2D eigenvalue weighted by Crippen LogP contribution is -2.51. The summed E-state index contributed by atoms with van der Waals surface area (Å²) in [6, 6.07) is 14.9. The number of amides is 2. The Hall–Kier alpha value is -2.86. The zero-order valence-corrected chi connectivity index (χ0v) is 20.3. The SMILES string of the molecule is COc1ccc(C(=O)N(Cc2cccc(NC(=O)CC(C)(C)C)c2)C2CCCCC2N)cc1. The molecule has 6 heteroatoms. The number of ether oxygens (including phenoxy) is 1. The Bertz CT molecular complexity index is 950. The molecule has 0 aliphatic heterocycles. The minimum absolute atomic E-state index is 0.0138. The highest BCUT2D eigenvalue weighted by Crippen LogP contribution is 2.27. The lowest BCUT2D eigenvalue weighted by atomic mass is 9.89. The zero-order valence-electron chi connectivity index (χ0n) is 20.3. The summed E-state index contributed by atoms with van der Waals surface area (Å²) in [5, 5.41) is 2.99. The molecule has 0 saturated heterocycles. The van der Waals surface area contributed by atoms with Crippen LogP contribution >= 0.6 is 0 Å². The Kier molecular flexibility index (Phi) is 8.14. The van der Waals surface area contributed by atoms with Gasteiger partial charge in [0.1, 0.15) is 5.75 Å². The second-order valence-corrected chi connectivity index (χ2v) is 10.2. The van der Waals surface area contributed by atoms with Gasteiger partial charge in [-0.25, -0.2) is 0 Å². The smallest absolute Gasteiger partial charge is 0.254 e. The van der Waals surface area contributed by atoms with Gasteiger partial charge >= 0.3 is 0 Å². The second kappa shape index (κ2) is 10.8. The molecule has 6 nitrogen and oxygen atoms in total. The number of methoxy groups -OCH3 is 1. The largest absolute Gasteiger partial charge is 0.497 e. The standard InChI is InChI=1S/C27H37N3O3/c1-27(2,3)17-25(31)29-21-9-7-8-19(16-21)18-30(24-11-6-5-10-23(24)28)26(32)20-12-14-22(33-4)15-13-20/h7-9,12-16,23-24H,5-6,10-11,17-18,28H2,1-4H3,(H,29,31). The Labute approximate surface area is 197 Å². The first-order valence-corrected chi connectivity index (χ1v) is 11.8. The van der Waals surface area contributed by atoms with Crippen molar-refractivity contribution in [3.05, 3.63) is 59.7 Å². The van der Waals surface area contributed by atoms with E-state index in [1.54, 1.807) is 31.4 Å². The quantitative estimate of drug-likeness (QED) is 0.622. The molecule has 33 heavy (non-hydrogen) atoms. The normalized spacial score (nSPS) is 18.5. The molecule has 2 atom stereocenters. The summed E-state index contributed by atoms with van der Waals surface area (Å²) in [4.78, 5) is 27.9. The van der Waals surface area contributed by atoms with Crippen LogP contribution in [-0.2, 0) is 11.3 Å². The Morgan fingerprint density at radius 2 is 1.79 bits per heavy atom. The van der Waals surface area contributed by atoms with E-state index >= 15 is 0 Å². The first-order chi connectivity index (χ1) is 15.7. The summed E-state index contributed by atoms with van der Waals surface area (Å²) >= 11 is 0. The van der Waals surface area contributed by atoms with E-state index < -0.39 is 0 Å². The van der Waals surface area contributed by atoms with Gasteiger partial charge in [-0.2, -0.15) is 0 Å². The predicted molar refractivity (Wildman–Crippen MR) is 132 cm³/mol. The maximum atomic E-state index is 13.6. The molecule has 3 N–H and O–H groups in total. The molecule has 2 unspecified atom stereocenters. The van der Waals surface area contributed by atoms with Crippen molar-refractivity contribution in [2.75, 3.05) is 12.4 Å². The summed E-state index contributed by atoms with van der Waals surface area (Å²) in [6.07, 6.45) is 4.41. The van der Waals surface area contributed by atoms with Crippen LogP contribution in [0.25, 0.3) is 0 Å².